The van der Waals surface area contributed by atoms with E-state index in [-0.39, 0.29) is 18.9 Å². The third kappa shape index (κ3) is 5.37. The molecule has 1 aromatic rings. The van der Waals surface area contributed by atoms with Gasteiger partial charge < -0.3 is 4.52 Å². The van der Waals surface area contributed by atoms with Gasteiger partial charge in [0.15, 0.2) is 0 Å². The average molecular weight is 279 g/mol. The van der Waals surface area contributed by atoms with E-state index < -0.39 is 13.5 Å². The molecule has 0 fully saturated rings. The van der Waals surface area contributed by atoms with Gasteiger partial charge in [-0.15, -0.1) is 12.8 Å². The zero-order valence-electron chi connectivity index (χ0n) is 9.81. The number of terminal acetylenes is 2. The van der Waals surface area contributed by atoms with Crippen LogP contribution in [0.3, 0.4) is 0 Å². The molecule has 0 aromatic heterocycles. The Morgan fingerprint density at radius 3 is 2.11 bits per heavy atom. The van der Waals surface area contributed by atoms with Gasteiger partial charge in [-0.2, -0.15) is 0 Å². The van der Waals surface area contributed by atoms with Crippen LogP contribution in [0.5, 0.6) is 5.75 Å². The fourth-order valence-electron chi connectivity index (χ4n) is 0.985. The SMILES string of the molecule is C#CCOP(OCC#C)Oc1ccc([N+](=O)[O-])cc1. The maximum Gasteiger partial charge on any atom is 0.399 e. The lowest BCUT2D eigenvalue weighted by molar-refractivity contribution is -0.384. The first-order valence-corrected chi connectivity index (χ1v) is 6.12. The van der Waals surface area contributed by atoms with Crippen LogP contribution < -0.4 is 4.52 Å². The Morgan fingerprint density at radius 2 is 1.68 bits per heavy atom. The van der Waals surface area contributed by atoms with Crippen LogP contribution >= 0.6 is 8.60 Å². The molecule has 0 spiro atoms. The van der Waals surface area contributed by atoms with Crippen LogP contribution in [0.4, 0.5) is 5.69 Å². The van der Waals surface area contributed by atoms with E-state index in [4.69, 9.17) is 26.4 Å². The molecule has 0 heterocycles. The molecular formula is C12H10NO5P. The molecule has 98 valence electrons. The topological polar surface area (TPSA) is 70.8 Å². The van der Waals surface area contributed by atoms with E-state index in [9.17, 15) is 10.1 Å². The predicted molar refractivity (Wildman–Crippen MR) is 70.2 cm³/mol. The van der Waals surface area contributed by atoms with Crippen molar-refractivity contribution in [1.82, 2.24) is 0 Å². The lowest BCUT2D eigenvalue weighted by Crippen LogP contribution is -1.98. The molecule has 1 aromatic carbocycles. The Hall–Kier alpha value is -2.11. The number of nitro groups is 1. The summed E-state index contributed by atoms with van der Waals surface area (Å²) in [5, 5.41) is 10.5. The van der Waals surface area contributed by atoms with Crippen LogP contribution in [-0.2, 0) is 9.05 Å². The molecule has 19 heavy (non-hydrogen) atoms. The van der Waals surface area contributed by atoms with Crippen LogP contribution in [0.2, 0.25) is 0 Å². The minimum absolute atomic E-state index is 0.0171. The molecule has 6 nitrogen and oxygen atoms in total. The first-order valence-electron chi connectivity index (χ1n) is 5.02. The van der Waals surface area contributed by atoms with E-state index >= 15 is 0 Å². The van der Waals surface area contributed by atoms with Crippen LogP contribution in [0.15, 0.2) is 24.3 Å². The molecule has 0 atom stereocenters. The van der Waals surface area contributed by atoms with Gasteiger partial charge >= 0.3 is 8.60 Å². The van der Waals surface area contributed by atoms with E-state index in [1.54, 1.807) is 0 Å². The van der Waals surface area contributed by atoms with Gasteiger partial charge in [-0.3, -0.25) is 19.2 Å². The molecule has 0 radical (unpaired) electrons. The highest BCUT2D eigenvalue weighted by Gasteiger charge is 2.14. The summed E-state index contributed by atoms with van der Waals surface area (Å²) in [7, 11) is -1.73. The number of benzene rings is 1. The van der Waals surface area contributed by atoms with Crippen molar-refractivity contribution in [3.05, 3.63) is 34.4 Å². The standard InChI is InChI=1S/C12H10NO5P/c1-3-9-16-19(17-10-4-2)18-12-7-5-11(6-8-12)13(14)15/h1-2,5-8H,9-10H2. The van der Waals surface area contributed by atoms with Crippen molar-refractivity contribution in [2.24, 2.45) is 0 Å². The minimum atomic E-state index is -1.73. The maximum atomic E-state index is 10.5. The zero-order chi connectivity index (χ0) is 14.1. The van der Waals surface area contributed by atoms with Crippen molar-refractivity contribution in [3.8, 4) is 30.4 Å². The van der Waals surface area contributed by atoms with Gasteiger partial charge in [-0.25, -0.2) is 0 Å². The van der Waals surface area contributed by atoms with Gasteiger partial charge in [0, 0.05) is 12.1 Å². The quantitative estimate of drug-likeness (QED) is 0.332. The van der Waals surface area contributed by atoms with Gasteiger partial charge in [0.25, 0.3) is 5.69 Å². The largest absolute Gasteiger partial charge is 0.427 e. The number of hydrogen-bond donors (Lipinski definition) is 0. The molecule has 0 aliphatic carbocycles. The Kier molecular flexibility index (Phi) is 6.35. The summed E-state index contributed by atoms with van der Waals surface area (Å²) >= 11 is 0. The molecule has 0 N–H and O–H groups in total. The van der Waals surface area contributed by atoms with Crippen molar-refractivity contribution < 1.29 is 18.5 Å². The third-order valence-corrected chi connectivity index (χ3v) is 2.77. The number of hydrogen-bond acceptors (Lipinski definition) is 5. The highest BCUT2D eigenvalue weighted by atomic mass is 31.2. The highest BCUT2D eigenvalue weighted by Crippen LogP contribution is 2.40. The first-order chi connectivity index (χ1) is 9.17. The van der Waals surface area contributed by atoms with Crippen LogP contribution in [0, 0.1) is 34.8 Å². The Balaban J connectivity index is 2.64. The van der Waals surface area contributed by atoms with E-state index in [1.807, 2.05) is 0 Å². The van der Waals surface area contributed by atoms with Gasteiger partial charge in [0.1, 0.15) is 19.0 Å². The second-order valence-electron chi connectivity index (χ2n) is 3.02. The van der Waals surface area contributed by atoms with Crippen LogP contribution in [0.25, 0.3) is 0 Å². The summed E-state index contributed by atoms with van der Waals surface area (Å²) < 4.78 is 15.6. The second kappa shape index (κ2) is 8.07. The molecule has 0 bridgehead atoms. The Labute approximate surface area is 111 Å². The minimum Gasteiger partial charge on any atom is -0.427 e. The van der Waals surface area contributed by atoms with E-state index in [1.165, 1.54) is 24.3 Å². The summed E-state index contributed by atoms with van der Waals surface area (Å²) in [5.74, 6) is 4.92. The molecule has 7 heteroatoms. The van der Waals surface area contributed by atoms with E-state index in [0.717, 1.165) is 0 Å². The van der Waals surface area contributed by atoms with Gasteiger partial charge in [-0.05, 0) is 12.1 Å². The second-order valence-corrected chi connectivity index (χ2v) is 4.17. The van der Waals surface area contributed by atoms with Crippen LogP contribution in [-0.4, -0.2) is 18.1 Å². The molecule has 0 saturated heterocycles. The number of nitro benzene ring substituents is 1. The van der Waals surface area contributed by atoms with Crippen molar-refractivity contribution in [3.63, 3.8) is 0 Å². The maximum absolute atomic E-state index is 10.5. The lowest BCUT2D eigenvalue weighted by atomic mass is 10.3. The first kappa shape index (κ1) is 14.9. The smallest absolute Gasteiger partial charge is 0.399 e. The van der Waals surface area contributed by atoms with Gasteiger partial charge in [0.2, 0.25) is 0 Å². The van der Waals surface area contributed by atoms with Gasteiger partial charge in [0.05, 0.1) is 4.92 Å². The summed E-state index contributed by atoms with van der Waals surface area (Å²) in [5.41, 5.74) is -0.0363. The fraction of sp³-hybridized carbons (Fsp3) is 0.167. The molecule has 0 aliphatic heterocycles. The van der Waals surface area contributed by atoms with Crippen molar-refractivity contribution >= 4 is 14.3 Å². The molecule has 0 aliphatic rings. The highest BCUT2D eigenvalue weighted by molar-refractivity contribution is 7.42. The predicted octanol–water partition coefficient (Wildman–Crippen LogP) is 2.50. The summed E-state index contributed by atoms with van der Waals surface area (Å²) in [4.78, 5) is 9.99. The molecule has 0 saturated carbocycles. The van der Waals surface area contributed by atoms with Crippen LogP contribution in [0.1, 0.15) is 0 Å². The van der Waals surface area contributed by atoms with Crippen molar-refractivity contribution in [1.29, 1.82) is 0 Å². The normalized spacial score (nSPS) is 9.63. The number of non-ortho nitro benzene ring substituents is 1. The average Bonchev–Trinajstić information content (AvgIpc) is 2.42. The molecule has 0 unspecified atom stereocenters. The van der Waals surface area contributed by atoms with Gasteiger partial charge in [-0.1, -0.05) is 11.8 Å². The lowest BCUT2D eigenvalue weighted by Gasteiger charge is -2.14. The van der Waals surface area contributed by atoms with Crippen molar-refractivity contribution in [2.45, 2.75) is 0 Å². The fourth-order valence-corrected chi connectivity index (χ4v) is 1.82. The molecule has 1 rings (SSSR count). The zero-order valence-corrected chi connectivity index (χ0v) is 10.7. The third-order valence-electron chi connectivity index (χ3n) is 1.73. The number of nitrogens with zero attached hydrogens (tertiary/aromatic N) is 1. The Bertz CT molecular complexity index is 484. The summed E-state index contributed by atoms with van der Waals surface area (Å²) in [6.07, 6.45) is 10.1. The van der Waals surface area contributed by atoms with Crippen molar-refractivity contribution in [2.75, 3.05) is 13.2 Å². The van der Waals surface area contributed by atoms with E-state index in [0.29, 0.717) is 5.75 Å². The summed E-state index contributed by atoms with van der Waals surface area (Å²) in [6.45, 7) is 0.0342. The Morgan fingerprint density at radius 1 is 1.16 bits per heavy atom. The van der Waals surface area contributed by atoms with E-state index in [2.05, 4.69) is 11.8 Å². The summed E-state index contributed by atoms with van der Waals surface area (Å²) in [6, 6.07) is 5.49. The molecule has 0 amide bonds. The molecular weight excluding hydrogens is 269 g/mol. The number of rotatable bonds is 7. The monoisotopic (exact) mass is 279 g/mol.